The van der Waals surface area contributed by atoms with Crippen molar-refractivity contribution in [2.24, 2.45) is 5.11 Å². The predicted octanol–water partition coefficient (Wildman–Crippen LogP) is 1.06. The van der Waals surface area contributed by atoms with E-state index in [0.29, 0.717) is 12.8 Å². The average Bonchev–Trinajstić information content (AvgIpc) is 2.20. The third-order valence-electron chi connectivity index (χ3n) is 1.50. The van der Waals surface area contributed by atoms with Crippen molar-refractivity contribution in [2.45, 2.75) is 19.0 Å². The summed E-state index contributed by atoms with van der Waals surface area (Å²) in [6, 6.07) is 0. The Morgan fingerprint density at radius 2 is 1.88 bits per heavy atom. The molecule has 0 aliphatic rings. The van der Waals surface area contributed by atoms with Gasteiger partial charge in [0, 0.05) is 18.0 Å². The molecule has 17 heavy (non-hydrogen) atoms. The molecule has 0 bridgehead atoms. The van der Waals surface area contributed by atoms with E-state index in [1.54, 1.807) is 0 Å². The quantitative estimate of drug-likeness (QED) is 0.299. The van der Waals surface area contributed by atoms with E-state index in [4.69, 9.17) is 5.53 Å². The SMILES string of the molecule is [N-]=[N+]=NCCCCNS(=O)(=O)NCC(F)(F)F. The molecule has 0 aromatic heterocycles. The van der Waals surface area contributed by atoms with Gasteiger partial charge in [0.25, 0.3) is 10.2 Å². The van der Waals surface area contributed by atoms with Crippen molar-refractivity contribution in [3.05, 3.63) is 10.4 Å². The predicted molar refractivity (Wildman–Crippen MR) is 54.2 cm³/mol. The minimum Gasteiger partial charge on any atom is -0.202 e. The molecular weight excluding hydrogens is 263 g/mol. The second kappa shape index (κ2) is 7.33. The number of unbranched alkanes of at least 4 members (excludes halogenated alkanes) is 1. The van der Waals surface area contributed by atoms with Gasteiger partial charge < -0.3 is 0 Å². The van der Waals surface area contributed by atoms with Gasteiger partial charge in [0.1, 0.15) is 6.54 Å². The second-order valence-electron chi connectivity index (χ2n) is 3.00. The van der Waals surface area contributed by atoms with Crippen molar-refractivity contribution < 1.29 is 21.6 Å². The van der Waals surface area contributed by atoms with Gasteiger partial charge in [-0.25, -0.2) is 4.72 Å². The summed E-state index contributed by atoms with van der Waals surface area (Å²) in [7, 11) is -4.13. The fourth-order valence-electron chi connectivity index (χ4n) is 0.787. The van der Waals surface area contributed by atoms with Gasteiger partial charge in [-0.1, -0.05) is 5.11 Å². The number of hydrogen-bond acceptors (Lipinski definition) is 3. The topological polar surface area (TPSA) is 107 Å². The second-order valence-corrected chi connectivity index (χ2v) is 4.58. The lowest BCUT2D eigenvalue weighted by Gasteiger charge is -2.09. The number of alkyl halides is 3. The summed E-state index contributed by atoms with van der Waals surface area (Å²) in [4.78, 5) is 2.49. The lowest BCUT2D eigenvalue weighted by atomic mass is 10.3. The van der Waals surface area contributed by atoms with Gasteiger partial charge in [-0.15, -0.1) is 0 Å². The van der Waals surface area contributed by atoms with Crippen LogP contribution in [0.2, 0.25) is 0 Å². The first kappa shape index (κ1) is 16.0. The molecule has 0 aromatic rings. The van der Waals surface area contributed by atoms with Crippen LogP contribution in [0.4, 0.5) is 13.2 Å². The molecule has 0 unspecified atom stereocenters. The van der Waals surface area contributed by atoms with Gasteiger partial charge in [0.15, 0.2) is 0 Å². The summed E-state index contributed by atoms with van der Waals surface area (Å²) in [5.41, 5.74) is 7.93. The Kier molecular flexibility index (Phi) is 6.88. The van der Waals surface area contributed by atoms with E-state index in [-0.39, 0.29) is 13.1 Å². The van der Waals surface area contributed by atoms with E-state index in [1.165, 1.54) is 4.72 Å². The molecule has 0 aliphatic heterocycles. The van der Waals surface area contributed by atoms with E-state index >= 15 is 0 Å². The minimum absolute atomic E-state index is 0.0197. The highest BCUT2D eigenvalue weighted by Gasteiger charge is 2.29. The van der Waals surface area contributed by atoms with Crippen molar-refractivity contribution >= 4 is 10.2 Å². The van der Waals surface area contributed by atoms with Crippen LogP contribution in [0.25, 0.3) is 10.4 Å². The fourth-order valence-corrected chi connectivity index (χ4v) is 1.66. The molecular formula is C6H12F3N5O2S. The van der Waals surface area contributed by atoms with Crippen molar-refractivity contribution in [3.8, 4) is 0 Å². The van der Waals surface area contributed by atoms with Crippen LogP contribution in [-0.4, -0.2) is 34.2 Å². The maximum Gasteiger partial charge on any atom is 0.402 e. The zero-order valence-electron chi connectivity index (χ0n) is 8.74. The molecule has 11 heteroatoms. The molecule has 0 saturated carbocycles. The van der Waals surface area contributed by atoms with Crippen LogP contribution in [0.1, 0.15) is 12.8 Å². The van der Waals surface area contributed by atoms with Gasteiger partial charge in [0.2, 0.25) is 0 Å². The van der Waals surface area contributed by atoms with Crippen molar-refractivity contribution in [3.63, 3.8) is 0 Å². The van der Waals surface area contributed by atoms with E-state index in [2.05, 4.69) is 10.0 Å². The Labute approximate surface area is 96.2 Å². The normalized spacial score (nSPS) is 12.2. The maximum absolute atomic E-state index is 11.7. The van der Waals surface area contributed by atoms with Crippen LogP contribution in [0.15, 0.2) is 5.11 Å². The summed E-state index contributed by atoms with van der Waals surface area (Å²) < 4.78 is 60.4. The molecule has 100 valence electrons. The van der Waals surface area contributed by atoms with E-state index in [9.17, 15) is 21.6 Å². The number of rotatable bonds is 8. The summed E-state index contributed by atoms with van der Waals surface area (Å²) in [6.45, 7) is -1.41. The number of nitrogens with one attached hydrogen (secondary N) is 2. The van der Waals surface area contributed by atoms with Gasteiger partial charge in [-0.2, -0.15) is 26.3 Å². The van der Waals surface area contributed by atoms with E-state index < -0.39 is 22.9 Å². The Bertz CT molecular complexity index is 362. The fraction of sp³-hybridized carbons (Fsp3) is 1.00. The average molecular weight is 275 g/mol. The van der Waals surface area contributed by atoms with E-state index in [0.717, 1.165) is 0 Å². The molecule has 0 spiro atoms. The molecule has 0 fully saturated rings. The molecule has 0 amide bonds. The van der Waals surface area contributed by atoms with Gasteiger partial charge in [-0.05, 0) is 18.4 Å². The molecule has 0 aliphatic carbocycles. The van der Waals surface area contributed by atoms with Gasteiger partial charge >= 0.3 is 6.18 Å². The van der Waals surface area contributed by atoms with Crippen LogP contribution < -0.4 is 9.44 Å². The Balaban J connectivity index is 3.75. The maximum atomic E-state index is 11.7. The lowest BCUT2D eigenvalue weighted by molar-refractivity contribution is -0.121. The first-order chi connectivity index (χ1) is 7.77. The third kappa shape index (κ3) is 11.2. The zero-order valence-corrected chi connectivity index (χ0v) is 9.55. The largest absolute Gasteiger partial charge is 0.402 e. The first-order valence-corrected chi connectivity index (χ1v) is 6.07. The van der Waals surface area contributed by atoms with Crippen LogP contribution >= 0.6 is 0 Å². The highest BCUT2D eigenvalue weighted by Crippen LogP contribution is 2.12. The van der Waals surface area contributed by atoms with E-state index in [1.807, 2.05) is 4.72 Å². The van der Waals surface area contributed by atoms with Crippen molar-refractivity contribution in [1.82, 2.24) is 9.44 Å². The van der Waals surface area contributed by atoms with Crippen LogP contribution in [0.5, 0.6) is 0 Å². The summed E-state index contributed by atoms with van der Waals surface area (Å²) in [6.07, 6.45) is -3.77. The zero-order chi connectivity index (χ0) is 13.4. The molecule has 7 nitrogen and oxygen atoms in total. The number of azide groups is 1. The van der Waals surface area contributed by atoms with Crippen LogP contribution in [0, 0.1) is 0 Å². The lowest BCUT2D eigenvalue weighted by Crippen LogP contribution is -2.41. The summed E-state index contributed by atoms with van der Waals surface area (Å²) in [5.74, 6) is 0. The number of hydrogen-bond donors (Lipinski definition) is 2. The smallest absolute Gasteiger partial charge is 0.202 e. The Morgan fingerprint density at radius 1 is 1.24 bits per heavy atom. The van der Waals surface area contributed by atoms with Gasteiger partial charge in [0.05, 0.1) is 0 Å². The molecule has 0 atom stereocenters. The summed E-state index contributed by atoms with van der Waals surface area (Å²) >= 11 is 0. The molecule has 0 aromatic carbocycles. The number of nitrogens with zero attached hydrogens (tertiary/aromatic N) is 3. The van der Waals surface area contributed by atoms with Crippen molar-refractivity contribution in [1.29, 1.82) is 0 Å². The summed E-state index contributed by atoms with van der Waals surface area (Å²) in [5, 5.41) is 3.21. The minimum atomic E-state index is -4.59. The highest BCUT2D eigenvalue weighted by atomic mass is 32.2. The van der Waals surface area contributed by atoms with Crippen LogP contribution in [-0.2, 0) is 10.2 Å². The van der Waals surface area contributed by atoms with Gasteiger partial charge in [-0.3, -0.25) is 0 Å². The molecule has 0 heterocycles. The Morgan fingerprint density at radius 3 is 2.41 bits per heavy atom. The highest BCUT2D eigenvalue weighted by molar-refractivity contribution is 7.87. The molecule has 0 saturated heterocycles. The molecule has 0 rings (SSSR count). The Hall–Kier alpha value is -1.03. The third-order valence-corrected chi connectivity index (χ3v) is 2.61. The molecule has 2 N–H and O–H groups in total. The first-order valence-electron chi connectivity index (χ1n) is 4.59. The monoisotopic (exact) mass is 275 g/mol. The number of halogens is 3. The standard InChI is InChI=1S/C6H12F3N5O2S/c7-6(8,9)5-13-17(15,16)12-4-2-1-3-11-14-10/h12-13H,1-5H2. The van der Waals surface area contributed by atoms with Crippen molar-refractivity contribution in [2.75, 3.05) is 19.6 Å². The molecule has 0 radical (unpaired) electrons. The van der Waals surface area contributed by atoms with Crippen LogP contribution in [0.3, 0.4) is 0 Å².